The second-order valence-corrected chi connectivity index (χ2v) is 5.18. The molecule has 0 aliphatic heterocycles. The minimum atomic E-state index is 0.351. The smallest absolute Gasteiger partial charge is 0.119 e. The van der Waals surface area contributed by atoms with E-state index >= 15 is 0 Å². The molecule has 0 amide bonds. The van der Waals surface area contributed by atoms with Crippen LogP contribution in [0.3, 0.4) is 0 Å². The molecule has 0 spiro atoms. The fourth-order valence-electron chi connectivity index (χ4n) is 2.82. The average Bonchev–Trinajstić information content (AvgIpc) is 2.60. The van der Waals surface area contributed by atoms with Crippen LogP contribution in [0.25, 0.3) is 0 Å². The molecule has 0 heterocycles. The van der Waals surface area contributed by atoms with Crippen LogP contribution in [0.15, 0.2) is 48.5 Å². The average molecular weight is 299 g/mol. The van der Waals surface area contributed by atoms with Gasteiger partial charge in [0.1, 0.15) is 11.5 Å². The first-order valence-corrected chi connectivity index (χ1v) is 7.78. The van der Waals surface area contributed by atoms with E-state index in [1.54, 1.807) is 14.2 Å². The topological polar surface area (TPSA) is 21.7 Å². The third-order valence-electron chi connectivity index (χ3n) is 4.01. The highest BCUT2D eigenvalue weighted by molar-refractivity contribution is 5.51. The van der Waals surface area contributed by atoms with Crippen molar-refractivity contribution in [2.75, 3.05) is 25.7 Å². The van der Waals surface area contributed by atoms with E-state index in [4.69, 9.17) is 9.47 Å². The monoisotopic (exact) mass is 299 g/mol. The Morgan fingerprint density at radius 3 is 1.73 bits per heavy atom. The van der Waals surface area contributed by atoms with Crippen LogP contribution in [-0.2, 0) is 0 Å². The predicted molar refractivity (Wildman–Crippen MR) is 92.0 cm³/mol. The van der Waals surface area contributed by atoms with Crippen LogP contribution in [0.1, 0.15) is 31.9 Å². The van der Waals surface area contributed by atoms with E-state index in [9.17, 15) is 0 Å². The van der Waals surface area contributed by atoms with Crippen molar-refractivity contribution < 1.29 is 9.47 Å². The van der Waals surface area contributed by atoms with Crippen LogP contribution in [0, 0.1) is 0 Å². The summed E-state index contributed by atoms with van der Waals surface area (Å²) in [6, 6.07) is 17.0. The Kier molecular flexibility index (Phi) is 5.70. The summed E-state index contributed by atoms with van der Waals surface area (Å²) in [6.07, 6.45) is 1.05. The Hall–Kier alpha value is -2.16. The van der Waals surface area contributed by atoms with Gasteiger partial charge in [0, 0.05) is 12.2 Å². The van der Waals surface area contributed by atoms with E-state index in [2.05, 4.69) is 43.0 Å². The van der Waals surface area contributed by atoms with Crippen molar-refractivity contribution in [3.05, 3.63) is 54.1 Å². The Bertz CT molecular complexity index is 509. The molecule has 0 radical (unpaired) electrons. The summed E-state index contributed by atoms with van der Waals surface area (Å²) in [5.74, 6) is 1.78. The van der Waals surface area contributed by atoms with Gasteiger partial charge in [-0.15, -0.1) is 0 Å². The summed E-state index contributed by atoms with van der Waals surface area (Å²) in [7, 11) is 3.39. The molecule has 3 nitrogen and oxygen atoms in total. The number of benzene rings is 2. The molecule has 118 valence electrons. The number of rotatable bonds is 7. The molecule has 0 unspecified atom stereocenters. The molecule has 0 bridgehead atoms. The van der Waals surface area contributed by atoms with Gasteiger partial charge in [0.05, 0.1) is 20.3 Å². The highest BCUT2D eigenvalue weighted by atomic mass is 16.5. The summed E-state index contributed by atoms with van der Waals surface area (Å²) >= 11 is 0. The van der Waals surface area contributed by atoms with Gasteiger partial charge in [-0.2, -0.15) is 0 Å². The second-order valence-electron chi connectivity index (χ2n) is 5.18. The first-order chi connectivity index (χ1) is 10.7. The summed E-state index contributed by atoms with van der Waals surface area (Å²) in [5, 5.41) is 0. The van der Waals surface area contributed by atoms with Gasteiger partial charge < -0.3 is 14.4 Å². The Morgan fingerprint density at radius 2 is 1.32 bits per heavy atom. The maximum atomic E-state index is 5.25. The van der Waals surface area contributed by atoms with Crippen LogP contribution < -0.4 is 14.4 Å². The van der Waals surface area contributed by atoms with E-state index in [1.165, 1.54) is 11.3 Å². The predicted octanol–water partition coefficient (Wildman–Crippen LogP) is 4.68. The molecular formula is C19H25NO2. The van der Waals surface area contributed by atoms with Gasteiger partial charge in [0.15, 0.2) is 0 Å². The van der Waals surface area contributed by atoms with Crippen LogP contribution in [0.5, 0.6) is 11.5 Å². The standard InChI is InChI=1S/C19H25NO2/c1-5-19(15-7-11-17(21-3)12-8-15)20(6-2)16-9-13-18(22-4)14-10-16/h7-14,19H,5-6H2,1-4H3/t19-/m0/s1. The van der Waals surface area contributed by atoms with E-state index in [1.807, 2.05) is 24.3 Å². The van der Waals surface area contributed by atoms with Crippen molar-refractivity contribution in [1.82, 2.24) is 0 Å². The molecule has 3 heteroatoms. The van der Waals surface area contributed by atoms with Gasteiger partial charge >= 0.3 is 0 Å². The van der Waals surface area contributed by atoms with Crippen LogP contribution in [0.2, 0.25) is 0 Å². The number of ether oxygens (including phenoxy) is 2. The molecule has 22 heavy (non-hydrogen) atoms. The second kappa shape index (κ2) is 7.74. The molecule has 0 saturated carbocycles. The molecule has 0 aromatic heterocycles. The lowest BCUT2D eigenvalue weighted by Gasteiger charge is -2.33. The Labute approximate surface area is 133 Å². The van der Waals surface area contributed by atoms with Crippen LogP contribution >= 0.6 is 0 Å². The van der Waals surface area contributed by atoms with E-state index in [0.29, 0.717) is 6.04 Å². The van der Waals surface area contributed by atoms with Gasteiger partial charge in [-0.05, 0) is 55.3 Å². The minimum Gasteiger partial charge on any atom is -0.497 e. The largest absolute Gasteiger partial charge is 0.497 e. The minimum absolute atomic E-state index is 0.351. The zero-order valence-corrected chi connectivity index (χ0v) is 13.9. The molecular weight excluding hydrogens is 274 g/mol. The van der Waals surface area contributed by atoms with Crippen molar-refractivity contribution in [1.29, 1.82) is 0 Å². The van der Waals surface area contributed by atoms with Gasteiger partial charge in [0.25, 0.3) is 0 Å². The third-order valence-corrected chi connectivity index (χ3v) is 4.01. The van der Waals surface area contributed by atoms with Crippen molar-refractivity contribution in [2.24, 2.45) is 0 Å². The third kappa shape index (κ3) is 3.53. The molecule has 0 aliphatic rings. The van der Waals surface area contributed by atoms with E-state index in [0.717, 1.165) is 24.5 Å². The van der Waals surface area contributed by atoms with Gasteiger partial charge in [-0.3, -0.25) is 0 Å². The summed E-state index contributed by atoms with van der Waals surface area (Å²) < 4.78 is 10.5. The Balaban J connectivity index is 2.28. The van der Waals surface area contributed by atoms with Crippen molar-refractivity contribution in [2.45, 2.75) is 26.3 Å². The SMILES string of the molecule is CC[C@@H](c1ccc(OC)cc1)N(CC)c1ccc(OC)cc1. The highest BCUT2D eigenvalue weighted by Gasteiger charge is 2.18. The zero-order valence-electron chi connectivity index (χ0n) is 13.9. The lowest BCUT2D eigenvalue weighted by Crippen LogP contribution is -2.28. The number of hydrogen-bond donors (Lipinski definition) is 0. The number of nitrogens with zero attached hydrogens (tertiary/aromatic N) is 1. The van der Waals surface area contributed by atoms with Crippen molar-refractivity contribution >= 4 is 5.69 Å². The molecule has 1 atom stereocenters. The van der Waals surface area contributed by atoms with Crippen LogP contribution in [-0.4, -0.2) is 20.8 Å². The zero-order chi connectivity index (χ0) is 15.9. The van der Waals surface area contributed by atoms with Gasteiger partial charge in [-0.1, -0.05) is 19.1 Å². The molecule has 0 fully saturated rings. The van der Waals surface area contributed by atoms with E-state index in [-0.39, 0.29) is 0 Å². The molecule has 0 saturated heterocycles. The van der Waals surface area contributed by atoms with Gasteiger partial charge in [0.2, 0.25) is 0 Å². The number of methoxy groups -OCH3 is 2. The fourth-order valence-corrected chi connectivity index (χ4v) is 2.82. The lowest BCUT2D eigenvalue weighted by atomic mass is 10.0. The van der Waals surface area contributed by atoms with Crippen molar-refractivity contribution in [3.63, 3.8) is 0 Å². The molecule has 2 aromatic carbocycles. The Morgan fingerprint density at radius 1 is 0.818 bits per heavy atom. The lowest BCUT2D eigenvalue weighted by molar-refractivity contribution is 0.414. The quantitative estimate of drug-likeness (QED) is 0.741. The molecule has 0 N–H and O–H groups in total. The molecule has 2 aromatic rings. The van der Waals surface area contributed by atoms with E-state index < -0.39 is 0 Å². The number of hydrogen-bond acceptors (Lipinski definition) is 3. The molecule has 2 rings (SSSR count). The maximum Gasteiger partial charge on any atom is 0.119 e. The van der Waals surface area contributed by atoms with Crippen molar-refractivity contribution in [3.8, 4) is 11.5 Å². The molecule has 0 aliphatic carbocycles. The normalized spacial score (nSPS) is 11.8. The summed E-state index contributed by atoms with van der Waals surface area (Å²) in [6.45, 7) is 5.37. The summed E-state index contributed by atoms with van der Waals surface area (Å²) in [4.78, 5) is 2.42. The van der Waals surface area contributed by atoms with Crippen LogP contribution in [0.4, 0.5) is 5.69 Å². The van der Waals surface area contributed by atoms with Gasteiger partial charge in [-0.25, -0.2) is 0 Å². The first kappa shape index (κ1) is 16.2. The fraction of sp³-hybridized carbons (Fsp3) is 0.368. The maximum absolute atomic E-state index is 5.25. The first-order valence-electron chi connectivity index (χ1n) is 7.78. The summed E-state index contributed by atoms with van der Waals surface area (Å²) in [5.41, 5.74) is 2.52. The number of anilines is 1. The highest BCUT2D eigenvalue weighted by Crippen LogP contribution is 2.31.